The molecule has 1 saturated heterocycles. The van der Waals surface area contributed by atoms with Crippen molar-refractivity contribution in [1.29, 1.82) is 0 Å². The van der Waals surface area contributed by atoms with Crippen LogP contribution in [0.2, 0.25) is 0 Å². The van der Waals surface area contributed by atoms with Crippen molar-refractivity contribution in [2.24, 2.45) is 7.05 Å². The van der Waals surface area contributed by atoms with E-state index in [1.54, 1.807) is 0 Å². The molecule has 0 aliphatic carbocycles. The molecule has 0 unspecified atom stereocenters. The smallest absolute Gasteiger partial charge is 0.0802 e. The molecule has 1 aliphatic rings. The molecule has 1 aromatic heterocycles. The minimum atomic E-state index is 0.128. The molecule has 1 aliphatic heterocycles. The summed E-state index contributed by atoms with van der Waals surface area (Å²) in [6.45, 7) is 22.9. The van der Waals surface area contributed by atoms with E-state index in [9.17, 15) is 0 Å². The normalized spacial score (nSPS) is 21.2. The fourth-order valence-corrected chi connectivity index (χ4v) is 4.38. The van der Waals surface area contributed by atoms with E-state index in [2.05, 4.69) is 76.9 Å². The molecule has 1 aromatic rings. The molecule has 0 saturated carbocycles. The van der Waals surface area contributed by atoms with E-state index in [1.807, 2.05) is 0 Å². The number of hydrogen-bond donors (Lipinski definition) is 0. The second-order valence-corrected chi connectivity index (χ2v) is 9.15. The van der Waals surface area contributed by atoms with E-state index in [0.717, 1.165) is 26.2 Å². The van der Waals surface area contributed by atoms with E-state index in [4.69, 9.17) is 5.10 Å². The third-order valence-electron chi connectivity index (χ3n) is 5.25. The van der Waals surface area contributed by atoms with Crippen LogP contribution < -0.4 is 0 Å². The van der Waals surface area contributed by atoms with E-state index in [-0.39, 0.29) is 5.41 Å². The molecule has 2 rings (SSSR count). The van der Waals surface area contributed by atoms with E-state index < -0.39 is 0 Å². The highest BCUT2D eigenvalue weighted by atomic mass is 15.3. The summed E-state index contributed by atoms with van der Waals surface area (Å²) in [5.41, 5.74) is 4.26. The van der Waals surface area contributed by atoms with Crippen LogP contribution in [0.4, 0.5) is 0 Å². The first-order valence-corrected chi connectivity index (χ1v) is 9.56. The predicted octanol–water partition coefficient (Wildman–Crippen LogP) is 3.76. The standard InChI is InChI=1S/C20H38N4/c1-14(2)18-17(21-22(9)19(18)20(6,7)8)13-23-10-11-24(15(3)4)16(5)12-23/h14-16H,10-13H2,1-9H3/t16-/m0/s1. The number of aryl methyl sites for hydroxylation is 1. The lowest BCUT2D eigenvalue weighted by atomic mass is 9.85. The highest BCUT2D eigenvalue weighted by molar-refractivity contribution is 5.34. The number of hydrogen-bond acceptors (Lipinski definition) is 3. The first kappa shape index (κ1) is 19.5. The summed E-state index contributed by atoms with van der Waals surface area (Å²) in [6.07, 6.45) is 0. The van der Waals surface area contributed by atoms with Gasteiger partial charge in [-0.3, -0.25) is 14.5 Å². The van der Waals surface area contributed by atoms with Crippen molar-refractivity contribution < 1.29 is 0 Å². The molecule has 0 N–H and O–H groups in total. The monoisotopic (exact) mass is 334 g/mol. The number of rotatable bonds is 4. The first-order chi connectivity index (χ1) is 11.0. The van der Waals surface area contributed by atoms with Crippen LogP contribution >= 0.6 is 0 Å². The zero-order valence-electron chi connectivity index (χ0n) is 17.3. The van der Waals surface area contributed by atoms with Crippen molar-refractivity contribution in [2.75, 3.05) is 19.6 Å². The molecule has 1 atom stereocenters. The topological polar surface area (TPSA) is 24.3 Å². The first-order valence-electron chi connectivity index (χ1n) is 9.56. The minimum Gasteiger partial charge on any atom is -0.296 e. The van der Waals surface area contributed by atoms with Gasteiger partial charge in [0, 0.05) is 62.0 Å². The van der Waals surface area contributed by atoms with Crippen LogP contribution in [0.5, 0.6) is 0 Å². The Kier molecular flexibility index (Phi) is 5.81. The Bertz CT molecular complexity index is 551. The van der Waals surface area contributed by atoms with Gasteiger partial charge in [-0.1, -0.05) is 34.6 Å². The van der Waals surface area contributed by atoms with Crippen LogP contribution in [-0.4, -0.2) is 51.3 Å². The van der Waals surface area contributed by atoms with Crippen molar-refractivity contribution in [3.8, 4) is 0 Å². The molecule has 0 spiro atoms. The summed E-state index contributed by atoms with van der Waals surface area (Å²) in [5.74, 6) is 0.511. The highest BCUT2D eigenvalue weighted by Crippen LogP contribution is 2.33. The van der Waals surface area contributed by atoms with Gasteiger partial charge in [0.1, 0.15) is 0 Å². The number of piperazine rings is 1. The zero-order chi connectivity index (χ0) is 18.2. The summed E-state index contributed by atoms with van der Waals surface area (Å²) in [4.78, 5) is 5.20. The maximum Gasteiger partial charge on any atom is 0.0802 e. The van der Waals surface area contributed by atoms with Crippen LogP contribution in [0.1, 0.15) is 78.3 Å². The molecule has 1 fully saturated rings. The van der Waals surface area contributed by atoms with Crippen LogP contribution in [0.3, 0.4) is 0 Å². The molecule has 0 aromatic carbocycles. The van der Waals surface area contributed by atoms with Gasteiger partial charge in [-0.25, -0.2) is 0 Å². The van der Waals surface area contributed by atoms with E-state index >= 15 is 0 Å². The summed E-state index contributed by atoms with van der Waals surface area (Å²) < 4.78 is 2.12. The van der Waals surface area contributed by atoms with Gasteiger partial charge < -0.3 is 0 Å². The summed E-state index contributed by atoms with van der Waals surface area (Å²) in [7, 11) is 2.11. The molecule has 2 heterocycles. The summed E-state index contributed by atoms with van der Waals surface area (Å²) >= 11 is 0. The highest BCUT2D eigenvalue weighted by Gasteiger charge is 2.30. The van der Waals surface area contributed by atoms with Crippen molar-refractivity contribution in [2.45, 2.75) is 85.4 Å². The lowest BCUT2D eigenvalue weighted by Crippen LogP contribution is -2.53. The molecule has 138 valence electrons. The maximum atomic E-state index is 4.93. The Morgan fingerprint density at radius 2 is 1.75 bits per heavy atom. The fourth-order valence-electron chi connectivity index (χ4n) is 4.38. The third-order valence-corrected chi connectivity index (χ3v) is 5.25. The Morgan fingerprint density at radius 1 is 1.12 bits per heavy atom. The third kappa shape index (κ3) is 4.02. The number of nitrogens with zero attached hydrogens (tertiary/aromatic N) is 4. The van der Waals surface area contributed by atoms with Gasteiger partial charge in [0.05, 0.1) is 5.69 Å². The second kappa shape index (κ2) is 7.17. The summed E-state index contributed by atoms with van der Waals surface area (Å²) in [6, 6.07) is 1.25. The molecular weight excluding hydrogens is 296 g/mol. The summed E-state index contributed by atoms with van der Waals surface area (Å²) in [5, 5.41) is 4.93. The second-order valence-electron chi connectivity index (χ2n) is 9.15. The molecule has 0 radical (unpaired) electrons. The lowest BCUT2D eigenvalue weighted by Gasteiger charge is -2.42. The van der Waals surface area contributed by atoms with Crippen molar-refractivity contribution in [3.63, 3.8) is 0 Å². The molecule has 0 bridgehead atoms. The minimum absolute atomic E-state index is 0.128. The Labute approximate surface area is 149 Å². The van der Waals surface area contributed by atoms with Gasteiger partial charge >= 0.3 is 0 Å². The molecule has 4 nitrogen and oxygen atoms in total. The van der Waals surface area contributed by atoms with Crippen molar-refractivity contribution >= 4 is 0 Å². The van der Waals surface area contributed by atoms with Gasteiger partial charge in [-0.15, -0.1) is 0 Å². The van der Waals surface area contributed by atoms with E-state index in [0.29, 0.717) is 18.0 Å². The van der Waals surface area contributed by atoms with Gasteiger partial charge in [0.15, 0.2) is 0 Å². The van der Waals surface area contributed by atoms with Crippen LogP contribution in [0.15, 0.2) is 0 Å². The van der Waals surface area contributed by atoms with Gasteiger partial charge in [-0.05, 0) is 26.7 Å². The van der Waals surface area contributed by atoms with Crippen LogP contribution in [0.25, 0.3) is 0 Å². The predicted molar refractivity (Wildman–Crippen MR) is 103 cm³/mol. The maximum absolute atomic E-state index is 4.93. The van der Waals surface area contributed by atoms with Gasteiger partial charge in [0.2, 0.25) is 0 Å². The Morgan fingerprint density at radius 3 is 2.21 bits per heavy atom. The van der Waals surface area contributed by atoms with Crippen LogP contribution in [-0.2, 0) is 19.0 Å². The Hall–Kier alpha value is -0.870. The van der Waals surface area contributed by atoms with E-state index in [1.165, 1.54) is 17.0 Å². The Balaban J connectivity index is 2.22. The lowest BCUT2D eigenvalue weighted by molar-refractivity contribution is 0.0556. The molecular formula is C20H38N4. The van der Waals surface area contributed by atoms with Crippen LogP contribution in [0, 0.1) is 0 Å². The fraction of sp³-hybridized carbons (Fsp3) is 0.850. The van der Waals surface area contributed by atoms with Crippen molar-refractivity contribution in [1.82, 2.24) is 19.6 Å². The molecule has 0 amide bonds. The zero-order valence-corrected chi connectivity index (χ0v) is 17.3. The van der Waals surface area contributed by atoms with Gasteiger partial charge in [-0.2, -0.15) is 5.10 Å². The van der Waals surface area contributed by atoms with Crippen molar-refractivity contribution in [3.05, 3.63) is 17.0 Å². The quantitative estimate of drug-likeness (QED) is 0.838. The number of aromatic nitrogens is 2. The molecule has 24 heavy (non-hydrogen) atoms. The van der Waals surface area contributed by atoms with Gasteiger partial charge in [0.25, 0.3) is 0 Å². The largest absolute Gasteiger partial charge is 0.296 e. The average molecular weight is 335 g/mol. The average Bonchev–Trinajstić information content (AvgIpc) is 2.74. The SMILES string of the molecule is CC(C)c1c(CN2CCN(C(C)C)[C@@H](C)C2)nn(C)c1C(C)(C)C. The molecule has 4 heteroatoms.